The number of carbonyl (C=O) groups excluding carboxylic acids is 2. The van der Waals surface area contributed by atoms with Gasteiger partial charge in [0, 0.05) is 32.0 Å². The molecular weight excluding hydrogens is 392 g/mol. The molecule has 2 heterocycles. The second-order valence-corrected chi connectivity index (χ2v) is 7.59. The van der Waals surface area contributed by atoms with Crippen LogP contribution in [0.2, 0.25) is 0 Å². The molecule has 2 aliphatic heterocycles. The lowest BCUT2D eigenvalue weighted by molar-refractivity contribution is 0.00302. The smallest absolute Gasteiger partial charge is 0.410 e. The van der Waals surface area contributed by atoms with Crippen molar-refractivity contribution in [1.82, 2.24) is 9.80 Å². The van der Waals surface area contributed by atoms with Crippen LogP contribution < -0.4 is 0 Å². The number of halogens is 2. The van der Waals surface area contributed by atoms with Crippen LogP contribution in [0.25, 0.3) is 0 Å². The summed E-state index contributed by atoms with van der Waals surface area (Å²) in [4.78, 5) is 28.1. The first-order chi connectivity index (χ1) is 14.4. The molecule has 0 bridgehead atoms. The maximum atomic E-state index is 13.9. The number of ether oxygens (including phenoxy) is 1. The summed E-state index contributed by atoms with van der Waals surface area (Å²) in [5.41, 5.74) is 0.364. The first-order valence-electron chi connectivity index (χ1n) is 9.61. The molecule has 2 amide bonds. The molecule has 2 aliphatic rings. The van der Waals surface area contributed by atoms with Crippen LogP contribution in [0.1, 0.15) is 34.3 Å². The molecule has 4 rings (SSSR count). The van der Waals surface area contributed by atoms with Crippen molar-refractivity contribution >= 4 is 12.0 Å². The van der Waals surface area contributed by atoms with Gasteiger partial charge >= 0.3 is 6.09 Å². The molecule has 1 spiro atoms. The van der Waals surface area contributed by atoms with E-state index in [4.69, 9.17) is 4.74 Å². The van der Waals surface area contributed by atoms with Gasteiger partial charge in [0.05, 0.1) is 30.3 Å². The maximum Gasteiger partial charge on any atom is 0.410 e. The van der Waals surface area contributed by atoms with Gasteiger partial charge in [-0.3, -0.25) is 9.69 Å². The number of amides is 2. The lowest BCUT2D eigenvalue weighted by Gasteiger charge is -2.37. The van der Waals surface area contributed by atoms with Gasteiger partial charge in [-0.25, -0.2) is 13.6 Å². The Morgan fingerprint density at radius 1 is 1.17 bits per heavy atom. The van der Waals surface area contributed by atoms with Crippen molar-refractivity contribution in [3.05, 3.63) is 70.8 Å². The predicted octanol–water partition coefficient (Wildman–Crippen LogP) is 3.46. The molecule has 154 valence electrons. The Hall–Kier alpha value is -3.47. The Kier molecular flexibility index (Phi) is 5.12. The fourth-order valence-electron chi connectivity index (χ4n) is 4.00. The third-order valence-electron chi connectivity index (χ3n) is 5.66. The summed E-state index contributed by atoms with van der Waals surface area (Å²) in [6, 6.07) is 12.1. The van der Waals surface area contributed by atoms with Gasteiger partial charge in [-0.05, 0) is 23.8 Å². The van der Waals surface area contributed by atoms with E-state index in [0.717, 1.165) is 17.7 Å². The van der Waals surface area contributed by atoms with Gasteiger partial charge in [-0.2, -0.15) is 5.26 Å². The lowest BCUT2D eigenvalue weighted by Crippen LogP contribution is -2.48. The first kappa shape index (κ1) is 19.8. The Balaban J connectivity index is 1.41. The summed E-state index contributed by atoms with van der Waals surface area (Å²) in [6.45, 7) is 1.23. The highest BCUT2D eigenvalue weighted by atomic mass is 19.1. The van der Waals surface area contributed by atoms with Crippen molar-refractivity contribution in [2.24, 2.45) is 0 Å². The molecule has 0 radical (unpaired) electrons. The summed E-state index contributed by atoms with van der Waals surface area (Å²) in [5.74, 6) is -2.14. The average Bonchev–Trinajstić information content (AvgIpc) is 3.03. The van der Waals surface area contributed by atoms with Gasteiger partial charge < -0.3 is 9.64 Å². The minimum absolute atomic E-state index is 0.175. The molecule has 2 fully saturated rings. The lowest BCUT2D eigenvalue weighted by atomic mass is 9.91. The van der Waals surface area contributed by atoms with Crippen LogP contribution in [0.4, 0.5) is 13.6 Å². The van der Waals surface area contributed by atoms with Crippen molar-refractivity contribution in [1.29, 1.82) is 5.26 Å². The summed E-state index contributed by atoms with van der Waals surface area (Å²) in [6.07, 6.45) is 0.389. The van der Waals surface area contributed by atoms with E-state index in [2.05, 4.69) is 6.07 Å². The summed E-state index contributed by atoms with van der Waals surface area (Å²) < 4.78 is 32.7. The SMILES string of the molecule is N#Cc1ccccc1CN1CC2(CCN(C(=O)c3ccc(F)cc3F)CC2)OC1=O. The monoisotopic (exact) mass is 411 g/mol. The minimum Gasteiger partial charge on any atom is -0.441 e. The highest BCUT2D eigenvalue weighted by Crippen LogP contribution is 2.34. The highest BCUT2D eigenvalue weighted by molar-refractivity contribution is 5.94. The second kappa shape index (κ2) is 7.75. The summed E-state index contributed by atoms with van der Waals surface area (Å²) >= 11 is 0. The number of piperidine rings is 1. The zero-order chi connectivity index (χ0) is 21.3. The molecule has 0 aromatic heterocycles. The number of hydrogen-bond acceptors (Lipinski definition) is 4. The topological polar surface area (TPSA) is 73.6 Å². The van der Waals surface area contributed by atoms with Crippen LogP contribution in [0.3, 0.4) is 0 Å². The zero-order valence-electron chi connectivity index (χ0n) is 16.1. The number of nitrogens with zero attached hydrogens (tertiary/aromatic N) is 3. The molecule has 8 heteroatoms. The standard InChI is InChI=1S/C22H19F2N3O3/c23-17-5-6-18(19(24)11-17)20(28)26-9-7-22(8-10-26)14-27(21(29)30-22)13-16-4-2-1-3-15(16)12-25/h1-6,11H,7-10,13-14H2. The summed E-state index contributed by atoms with van der Waals surface area (Å²) in [5, 5.41) is 9.24. The molecule has 30 heavy (non-hydrogen) atoms. The molecule has 2 aromatic carbocycles. The van der Waals surface area contributed by atoms with E-state index in [0.29, 0.717) is 44.1 Å². The van der Waals surface area contributed by atoms with Gasteiger partial charge in [0.25, 0.3) is 5.91 Å². The Morgan fingerprint density at radius 3 is 2.60 bits per heavy atom. The highest BCUT2D eigenvalue weighted by Gasteiger charge is 2.47. The van der Waals surface area contributed by atoms with Crippen molar-refractivity contribution in [3.63, 3.8) is 0 Å². The number of hydrogen-bond donors (Lipinski definition) is 0. The van der Waals surface area contributed by atoms with E-state index in [1.54, 1.807) is 23.1 Å². The molecule has 0 aliphatic carbocycles. The van der Waals surface area contributed by atoms with Crippen LogP contribution in [0, 0.1) is 23.0 Å². The van der Waals surface area contributed by atoms with E-state index in [1.165, 1.54) is 4.90 Å². The van der Waals surface area contributed by atoms with Crippen LogP contribution in [0.5, 0.6) is 0 Å². The van der Waals surface area contributed by atoms with E-state index in [9.17, 15) is 23.6 Å². The van der Waals surface area contributed by atoms with Gasteiger partial charge in [0.15, 0.2) is 0 Å². The predicted molar refractivity (Wildman–Crippen MR) is 102 cm³/mol. The Bertz CT molecular complexity index is 1040. The fourth-order valence-corrected chi connectivity index (χ4v) is 4.00. The van der Waals surface area contributed by atoms with Crippen molar-refractivity contribution in [2.45, 2.75) is 25.0 Å². The molecular formula is C22H19F2N3O3. The van der Waals surface area contributed by atoms with Crippen molar-refractivity contribution < 1.29 is 23.1 Å². The fraction of sp³-hybridized carbons (Fsp3) is 0.318. The number of rotatable bonds is 3. The zero-order valence-corrected chi connectivity index (χ0v) is 16.1. The second-order valence-electron chi connectivity index (χ2n) is 7.59. The third kappa shape index (κ3) is 3.71. The average molecular weight is 411 g/mol. The normalized spacial score (nSPS) is 17.7. The first-order valence-corrected chi connectivity index (χ1v) is 9.61. The Morgan fingerprint density at radius 2 is 1.90 bits per heavy atom. The van der Waals surface area contributed by atoms with Gasteiger partial charge in [0.2, 0.25) is 0 Å². The van der Waals surface area contributed by atoms with Crippen LogP contribution in [0.15, 0.2) is 42.5 Å². The van der Waals surface area contributed by atoms with Gasteiger partial charge in [0.1, 0.15) is 17.2 Å². The van der Waals surface area contributed by atoms with Crippen LogP contribution in [-0.2, 0) is 11.3 Å². The summed E-state index contributed by atoms with van der Waals surface area (Å²) in [7, 11) is 0. The minimum atomic E-state index is -0.894. The van der Waals surface area contributed by atoms with Crippen molar-refractivity contribution in [3.8, 4) is 6.07 Å². The maximum absolute atomic E-state index is 13.9. The molecule has 6 nitrogen and oxygen atoms in total. The molecule has 0 unspecified atom stereocenters. The van der Waals surface area contributed by atoms with Crippen LogP contribution in [-0.4, -0.2) is 47.0 Å². The molecule has 0 saturated carbocycles. The Labute approximate surface area is 172 Å². The largest absolute Gasteiger partial charge is 0.441 e. The van der Waals surface area contributed by atoms with E-state index < -0.39 is 29.2 Å². The van der Waals surface area contributed by atoms with Gasteiger partial charge in [-0.1, -0.05) is 18.2 Å². The van der Waals surface area contributed by atoms with Crippen LogP contribution >= 0.6 is 0 Å². The van der Waals surface area contributed by atoms with E-state index >= 15 is 0 Å². The number of carbonyl (C=O) groups is 2. The quantitative estimate of drug-likeness (QED) is 0.775. The van der Waals surface area contributed by atoms with E-state index in [-0.39, 0.29) is 12.1 Å². The van der Waals surface area contributed by atoms with Gasteiger partial charge in [-0.15, -0.1) is 0 Å². The third-order valence-corrected chi connectivity index (χ3v) is 5.66. The van der Waals surface area contributed by atoms with E-state index in [1.807, 2.05) is 6.07 Å². The number of likely N-dealkylation sites (tertiary alicyclic amines) is 1. The number of benzene rings is 2. The molecule has 2 aromatic rings. The molecule has 0 N–H and O–H groups in total. The molecule has 2 saturated heterocycles. The molecule has 0 atom stereocenters. The number of nitriles is 1. The van der Waals surface area contributed by atoms with Crippen molar-refractivity contribution in [2.75, 3.05) is 19.6 Å².